The zero-order chi connectivity index (χ0) is 22.9. The fraction of sp³-hybridized carbons (Fsp3) is 0.409. The van der Waals surface area contributed by atoms with Gasteiger partial charge in [-0.3, -0.25) is 14.0 Å². The first-order valence-corrected chi connectivity index (χ1v) is 13.8. The molecule has 32 heavy (non-hydrogen) atoms. The molecule has 172 valence electrons. The van der Waals surface area contributed by atoms with Crippen LogP contribution in [0.25, 0.3) is 0 Å². The molecular formula is C22H27N3O5S2. The number of rotatable bonds is 5. The Morgan fingerprint density at radius 3 is 2.16 bits per heavy atom. The van der Waals surface area contributed by atoms with E-state index in [1.165, 1.54) is 23.5 Å². The molecule has 0 radical (unpaired) electrons. The lowest BCUT2D eigenvalue weighted by atomic mass is 10.1. The van der Waals surface area contributed by atoms with Gasteiger partial charge in [0.25, 0.3) is 15.9 Å². The van der Waals surface area contributed by atoms with Crippen LogP contribution in [-0.2, 0) is 19.9 Å². The molecule has 2 aliphatic heterocycles. The standard InChI is InChI=1S/C22H27N3O5S2/c1-23(19-5-3-2-4-6-19)32(29,30)21-9-7-18(8-10-21)22(26)25-14-12-24(13-15-25)20-11-16-31(27,28)17-20/h2-10,20H,11-17H2,1H3/t20-/m1/s1. The van der Waals surface area contributed by atoms with Gasteiger partial charge in [-0.05, 0) is 42.8 Å². The van der Waals surface area contributed by atoms with Crippen LogP contribution < -0.4 is 4.31 Å². The van der Waals surface area contributed by atoms with E-state index in [2.05, 4.69) is 4.90 Å². The average molecular weight is 478 g/mol. The van der Waals surface area contributed by atoms with Crippen LogP contribution >= 0.6 is 0 Å². The third kappa shape index (κ3) is 4.67. The van der Waals surface area contributed by atoms with E-state index in [1.807, 2.05) is 6.07 Å². The number of hydrogen-bond donors (Lipinski definition) is 0. The SMILES string of the molecule is CN(c1ccccc1)S(=O)(=O)c1ccc(C(=O)N2CCN([C@@H]3CCS(=O)(=O)C3)CC2)cc1. The summed E-state index contributed by atoms with van der Waals surface area (Å²) in [7, 11) is -5.17. The largest absolute Gasteiger partial charge is 0.336 e. The number of piperazine rings is 1. The van der Waals surface area contributed by atoms with E-state index in [4.69, 9.17) is 0 Å². The van der Waals surface area contributed by atoms with E-state index >= 15 is 0 Å². The Bertz CT molecular complexity index is 1170. The number of hydrogen-bond acceptors (Lipinski definition) is 6. The predicted molar refractivity (Wildman–Crippen MR) is 123 cm³/mol. The summed E-state index contributed by atoms with van der Waals surface area (Å²) in [6.07, 6.45) is 0.656. The van der Waals surface area contributed by atoms with Crippen molar-refractivity contribution in [3.63, 3.8) is 0 Å². The molecule has 2 aromatic carbocycles. The molecule has 0 aliphatic carbocycles. The second-order valence-corrected chi connectivity index (χ2v) is 12.4. The number of anilines is 1. The second-order valence-electron chi connectivity index (χ2n) is 8.22. The predicted octanol–water partition coefficient (Wildman–Crippen LogP) is 1.46. The molecular weight excluding hydrogens is 450 g/mol. The minimum atomic E-state index is -3.73. The Hall–Kier alpha value is -2.43. The molecule has 0 saturated carbocycles. The van der Waals surface area contributed by atoms with E-state index in [1.54, 1.807) is 41.3 Å². The van der Waals surface area contributed by atoms with Crippen LogP contribution in [0.15, 0.2) is 59.5 Å². The molecule has 4 rings (SSSR count). The van der Waals surface area contributed by atoms with E-state index < -0.39 is 19.9 Å². The van der Waals surface area contributed by atoms with Crippen molar-refractivity contribution in [1.82, 2.24) is 9.80 Å². The molecule has 0 spiro atoms. The molecule has 1 amide bonds. The normalized spacial score (nSPS) is 21.4. The van der Waals surface area contributed by atoms with Gasteiger partial charge in [0.1, 0.15) is 0 Å². The second kappa shape index (κ2) is 8.84. The lowest BCUT2D eigenvalue weighted by Gasteiger charge is -2.37. The van der Waals surface area contributed by atoms with E-state index in [-0.39, 0.29) is 28.4 Å². The topological polar surface area (TPSA) is 95.1 Å². The molecule has 2 heterocycles. The number of sulfonamides is 1. The van der Waals surface area contributed by atoms with Gasteiger partial charge in [0.2, 0.25) is 0 Å². The van der Waals surface area contributed by atoms with Crippen molar-refractivity contribution in [1.29, 1.82) is 0 Å². The van der Waals surface area contributed by atoms with Gasteiger partial charge in [0.05, 0.1) is 22.1 Å². The Labute approximate surface area is 189 Å². The Balaban J connectivity index is 1.39. The molecule has 2 saturated heterocycles. The van der Waals surface area contributed by atoms with Crippen LogP contribution in [0.5, 0.6) is 0 Å². The number of para-hydroxylation sites is 1. The van der Waals surface area contributed by atoms with Crippen molar-refractivity contribution in [3.8, 4) is 0 Å². The molecule has 2 fully saturated rings. The first-order valence-electron chi connectivity index (χ1n) is 10.6. The van der Waals surface area contributed by atoms with Gasteiger partial charge in [-0.15, -0.1) is 0 Å². The van der Waals surface area contributed by atoms with Crippen LogP contribution in [0.4, 0.5) is 5.69 Å². The van der Waals surface area contributed by atoms with Crippen molar-refractivity contribution in [2.45, 2.75) is 17.4 Å². The summed E-state index contributed by atoms with van der Waals surface area (Å²) >= 11 is 0. The molecule has 0 bridgehead atoms. The highest BCUT2D eigenvalue weighted by Gasteiger charge is 2.34. The zero-order valence-corrected chi connectivity index (χ0v) is 19.6. The van der Waals surface area contributed by atoms with Crippen LogP contribution in [0, 0.1) is 0 Å². The van der Waals surface area contributed by atoms with Crippen molar-refractivity contribution >= 4 is 31.5 Å². The highest BCUT2D eigenvalue weighted by atomic mass is 32.2. The molecule has 2 aliphatic rings. The summed E-state index contributed by atoms with van der Waals surface area (Å²) < 4.78 is 50.5. The van der Waals surface area contributed by atoms with Gasteiger partial charge in [0, 0.05) is 44.8 Å². The van der Waals surface area contributed by atoms with Crippen LogP contribution in [0.1, 0.15) is 16.8 Å². The summed E-state index contributed by atoms with van der Waals surface area (Å²) in [6.45, 7) is 2.32. The lowest BCUT2D eigenvalue weighted by Crippen LogP contribution is -2.52. The summed E-state index contributed by atoms with van der Waals surface area (Å²) in [5.41, 5.74) is 0.990. The number of sulfone groups is 1. The number of carbonyl (C=O) groups excluding carboxylic acids is 1. The van der Waals surface area contributed by atoms with Gasteiger partial charge in [-0.2, -0.15) is 0 Å². The molecule has 10 heteroatoms. The number of amides is 1. The third-order valence-corrected chi connectivity index (χ3v) is 9.76. The van der Waals surface area contributed by atoms with Gasteiger partial charge in [-0.25, -0.2) is 16.8 Å². The maximum atomic E-state index is 12.9. The minimum absolute atomic E-state index is 0.0448. The first kappa shape index (κ1) is 22.8. The maximum absolute atomic E-state index is 12.9. The van der Waals surface area contributed by atoms with Crippen molar-refractivity contribution in [2.75, 3.05) is 49.0 Å². The van der Waals surface area contributed by atoms with Crippen molar-refractivity contribution in [3.05, 3.63) is 60.2 Å². The van der Waals surface area contributed by atoms with E-state index in [9.17, 15) is 21.6 Å². The minimum Gasteiger partial charge on any atom is -0.336 e. The number of nitrogens with zero attached hydrogens (tertiary/aromatic N) is 3. The third-order valence-electron chi connectivity index (χ3n) is 6.21. The Morgan fingerprint density at radius 2 is 1.59 bits per heavy atom. The number of benzene rings is 2. The van der Waals surface area contributed by atoms with Crippen LogP contribution in [-0.4, -0.2) is 83.3 Å². The fourth-order valence-corrected chi connectivity index (χ4v) is 7.20. The highest BCUT2D eigenvalue weighted by Crippen LogP contribution is 2.23. The van der Waals surface area contributed by atoms with Crippen LogP contribution in [0.3, 0.4) is 0 Å². The summed E-state index contributed by atoms with van der Waals surface area (Å²) in [5.74, 6) is 0.295. The van der Waals surface area contributed by atoms with Crippen LogP contribution in [0.2, 0.25) is 0 Å². The lowest BCUT2D eigenvalue weighted by molar-refractivity contribution is 0.0587. The summed E-state index contributed by atoms with van der Waals surface area (Å²) in [5, 5.41) is 0. The highest BCUT2D eigenvalue weighted by molar-refractivity contribution is 7.92. The van der Waals surface area contributed by atoms with Crippen molar-refractivity contribution in [2.24, 2.45) is 0 Å². The van der Waals surface area contributed by atoms with E-state index in [0.29, 0.717) is 43.9 Å². The molecule has 1 atom stereocenters. The Morgan fingerprint density at radius 1 is 0.969 bits per heavy atom. The molecule has 2 aromatic rings. The van der Waals surface area contributed by atoms with Crippen molar-refractivity contribution < 1.29 is 21.6 Å². The zero-order valence-electron chi connectivity index (χ0n) is 17.9. The van der Waals surface area contributed by atoms with Gasteiger partial charge in [0.15, 0.2) is 9.84 Å². The monoisotopic (exact) mass is 477 g/mol. The molecule has 0 aromatic heterocycles. The fourth-order valence-electron chi connectivity index (χ4n) is 4.24. The smallest absolute Gasteiger partial charge is 0.264 e. The van der Waals surface area contributed by atoms with Gasteiger partial charge >= 0.3 is 0 Å². The maximum Gasteiger partial charge on any atom is 0.264 e. The summed E-state index contributed by atoms with van der Waals surface area (Å²) in [4.78, 5) is 16.9. The first-order chi connectivity index (χ1) is 15.2. The summed E-state index contributed by atoms with van der Waals surface area (Å²) in [6, 6.07) is 14.9. The van der Waals surface area contributed by atoms with Gasteiger partial charge < -0.3 is 4.90 Å². The van der Waals surface area contributed by atoms with Gasteiger partial charge in [-0.1, -0.05) is 18.2 Å². The Kier molecular flexibility index (Phi) is 6.28. The molecule has 8 nitrogen and oxygen atoms in total. The molecule has 0 unspecified atom stereocenters. The quantitative estimate of drug-likeness (QED) is 0.647. The van der Waals surface area contributed by atoms with E-state index in [0.717, 1.165) is 0 Å². The average Bonchev–Trinajstić information content (AvgIpc) is 3.18. The number of carbonyl (C=O) groups is 1. The molecule has 0 N–H and O–H groups in total.